The Morgan fingerprint density at radius 1 is 1.12 bits per heavy atom. The summed E-state index contributed by atoms with van der Waals surface area (Å²) < 4.78 is 18.3. The minimum atomic E-state index is -0.279. The Morgan fingerprint density at radius 2 is 1.72 bits per heavy atom. The molecule has 2 aromatic carbocycles. The lowest BCUT2D eigenvalue weighted by atomic mass is 10.1. The van der Waals surface area contributed by atoms with E-state index in [4.69, 9.17) is 4.74 Å². The van der Waals surface area contributed by atoms with Crippen LogP contribution in [0.2, 0.25) is 0 Å². The van der Waals surface area contributed by atoms with Crippen molar-refractivity contribution in [1.82, 2.24) is 10.2 Å². The molecule has 1 N–H and O–H groups in total. The standard InChI is InChI=1S/C20H25FN2O2/c1-4-25-19-11-7-17(8-12-19)14-23(3)15(2)20(24)22-13-16-5-9-18(21)10-6-16/h5-12,15H,4,13-14H2,1-3H3,(H,22,24). The van der Waals surface area contributed by atoms with Crippen LogP contribution in [0, 0.1) is 5.82 Å². The van der Waals surface area contributed by atoms with E-state index in [1.165, 1.54) is 12.1 Å². The summed E-state index contributed by atoms with van der Waals surface area (Å²) in [6.07, 6.45) is 0. The predicted octanol–water partition coefficient (Wildman–Crippen LogP) is 3.36. The molecule has 1 unspecified atom stereocenters. The molecule has 25 heavy (non-hydrogen) atoms. The molecule has 0 bridgehead atoms. The van der Waals surface area contributed by atoms with Gasteiger partial charge in [-0.3, -0.25) is 9.69 Å². The summed E-state index contributed by atoms with van der Waals surface area (Å²) in [5.74, 6) is 0.510. The molecule has 0 saturated heterocycles. The first-order chi connectivity index (χ1) is 12.0. The Balaban J connectivity index is 1.84. The predicted molar refractivity (Wildman–Crippen MR) is 96.8 cm³/mol. The Labute approximate surface area is 148 Å². The van der Waals surface area contributed by atoms with E-state index in [0.29, 0.717) is 19.7 Å². The van der Waals surface area contributed by atoms with Gasteiger partial charge in [0, 0.05) is 13.1 Å². The molecule has 2 rings (SSSR count). The highest BCUT2D eigenvalue weighted by Gasteiger charge is 2.17. The first kappa shape index (κ1) is 18.9. The van der Waals surface area contributed by atoms with Gasteiger partial charge in [-0.25, -0.2) is 4.39 Å². The first-order valence-corrected chi connectivity index (χ1v) is 8.43. The lowest BCUT2D eigenvalue weighted by Crippen LogP contribution is -2.42. The van der Waals surface area contributed by atoms with Crippen LogP contribution in [0.5, 0.6) is 5.75 Å². The molecule has 134 valence electrons. The molecule has 0 aliphatic carbocycles. The van der Waals surface area contributed by atoms with Crippen molar-refractivity contribution in [2.75, 3.05) is 13.7 Å². The van der Waals surface area contributed by atoms with Gasteiger partial charge in [-0.1, -0.05) is 24.3 Å². The van der Waals surface area contributed by atoms with Gasteiger partial charge in [-0.05, 0) is 56.3 Å². The third-order valence-corrected chi connectivity index (χ3v) is 4.09. The minimum Gasteiger partial charge on any atom is -0.494 e. The normalized spacial score (nSPS) is 12.0. The number of benzene rings is 2. The Bertz CT molecular complexity index is 671. The van der Waals surface area contributed by atoms with Crippen molar-refractivity contribution < 1.29 is 13.9 Å². The molecule has 0 heterocycles. The number of ether oxygens (including phenoxy) is 1. The van der Waals surface area contributed by atoms with Crippen LogP contribution < -0.4 is 10.1 Å². The fraction of sp³-hybridized carbons (Fsp3) is 0.350. The maximum absolute atomic E-state index is 12.9. The zero-order chi connectivity index (χ0) is 18.2. The smallest absolute Gasteiger partial charge is 0.237 e. The zero-order valence-corrected chi connectivity index (χ0v) is 15.0. The summed E-state index contributed by atoms with van der Waals surface area (Å²) in [5.41, 5.74) is 1.99. The van der Waals surface area contributed by atoms with Crippen molar-refractivity contribution in [2.24, 2.45) is 0 Å². The highest BCUT2D eigenvalue weighted by Crippen LogP contribution is 2.14. The molecule has 0 radical (unpaired) electrons. The number of hydrogen-bond donors (Lipinski definition) is 1. The van der Waals surface area contributed by atoms with Crippen LogP contribution in [0.15, 0.2) is 48.5 Å². The zero-order valence-electron chi connectivity index (χ0n) is 15.0. The number of likely N-dealkylation sites (N-methyl/N-ethyl adjacent to an activating group) is 1. The Kier molecular flexibility index (Phi) is 6.95. The van der Waals surface area contributed by atoms with Crippen molar-refractivity contribution in [3.63, 3.8) is 0 Å². The highest BCUT2D eigenvalue weighted by atomic mass is 19.1. The third kappa shape index (κ3) is 5.87. The van der Waals surface area contributed by atoms with Crippen molar-refractivity contribution in [1.29, 1.82) is 0 Å². The van der Waals surface area contributed by atoms with Gasteiger partial charge in [0.15, 0.2) is 0 Å². The van der Waals surface area contributed by atoms with Gasteiger partial charge >= 0.3 is 0 Å². The van der Waals surface area contributed by atoms with Crippen molar-refractivity contribution in [3.8, 4) is 5.75 Å². The summed E-state index contributed by atoms with van der Waals surface area (Å²) in [6.45, 7) is 5.52. The van der Waals surface area contributed by atoms with E-state index in [9.17, 15) is 9.18 Å². The van der Waals surface area contributed by atoms with E-state index in [-0.39, 0.29) is 17.8 Å². The van der Waals surface area contributed by atoms with Crippen LogP contribution in [0.25, 0.3) is 0 Å². The van der Waals surface area contributed by atoms with Crippen LogP contribution in [0.3, 0.4) is 0 Å². The van der Waals surface area contributed by atoms with E-state index < -0.39 is 0 Å². The van der Waals surface area contributed by atoms with Gasteiger partial charge < -0.3 is 10.1 Å². The molecule has 0 spiro atoms. The second kappa shape index (κ2) is 9.18. The number of hydrogen-bond acceptors (Lipinski definition) is 3. The summed E-state index contributed by atoms with van der Waals surface area (Å²) >= 11 is 0. The van der Waals surface area contributed by atoms with Crippen molar-refractivity contribution in [2.45, 2.75) is 33.0 Å². The molecular weight excluding hydrogens is 319 g/mol. The second-order valence-electron chi connectivity index (χ2n) is 6.01. The van der Waals surface area contributed by atoms with Gasteiger partial charge in [0.05, 0.1) is 12.6 Å². The average molecular weight is 344 g/mol. The fourth-order valence-corrected chi connectivity index (χ4v) is 2.42. The van der Waals surface area contributed by atoms with Crippen LogP contribution in [0.1, 0.15) is 25.0 Å². The minimum absolute atomic E-state index is 0.0576. The van der Waals surface area contributed by atoms with E-state index in [0.717, 1.165) is 16.9 Å². The number of halogens is 1. The number of nitrogens with zero attached hydrogens (tertiary/aromatic N) is 1. The highest BCUT2D eigenvalue weighted by molar-refractivity contribution is 5.81. The van der Waals surface area contributed by atoms with E-state index >= 15 is 0 Å². The van der Waals surface area contributed by atoms with Gasteiger partial charge in [-0.2, -0.15) is 0 Å². The number of rotatable bonds is 8. The Hall–Kier alpha value is -2.40. The van der Waals surface area contributed by atoms with Crippen molar-refractivity contribution >= 4 is 5.91 Å². The molecule has 0 saturated carbocycles. The Morgan fingerprint density at radius 3 is 2.32 bits per heavy atom. The maximum Gasteiger partial charge on any atom is 0.237 e. The first-order valence-electron chi connectivity index (χ1n) is 8.43. The average Bonchev–Trinajstić information content (AvgIpc) is 2.62. The van der Waals surface area contributed by atoms with Gasteiger partial charge in [-0.15, -0.1) is 0 Å². The van der Waals surface area contributed by atoms with Crippen LogP contribution in [-0.2, 0) is 17.9 Å². The molecule has 2 aromatic rings. The van der Waals surface area contributed by atoms with E-state index in [1.54, 1.807) is 12.1 Å². The number of carbonyl (C=O) groups excluding carboxylic acids is 1. The topological polar surface area (TPSA) is 41.6 Å². The summed E-state index contributed by atoms with van der Waals surface area (Å²) in [4.78, 5) is 14.3. The second-order valence-corrected chi connectivity index (χ2v) is 6.01. The number of amides is 1. The largest absolute Gasteiger partial charge is 0.494 e. The fourth-order valence-electron chi connectivity index (χ4n) is 2.42. The van der Waals surface area contributed by atoms with E-state index in [1.807, 2.05) is 50.1 Å². The lowest BCUT2D eigenvalue weighted by Gasteiger charge is -2.24. The summed E-state index contributed by atoms with van der Waals surface area (Å²) in [7, 11) is 1.92. The lowest BCUT2D eigenvalue weighted by molar-refractivity contribution is -0.125. The van der Waals surface area contributed by atoms with Crippen LogP contribution in [0.4, 0.5) is 4.39 Å². The molecule has 0 aliphatic heterocycles. The molecular formula is C20H25FN2O2. The molecule has 5 heteroatoms. The molecule has 0 aliphatic rings. The molecule has 1 atom stereocenters. The van der Waals surface area contributed by atoms with E-state index in [2.05, 4.69) is 5.32 Å². The third-order valence-electron chi connectivity index (χ3n) is 4.09. The number of carbonyl (C=O) groups is 1. The molecule has 0 aromatic heterocycles. The van der Waals surface area contributed by atoms with Crippen LogP contribution in [-0.4, -0.2) is 30.5 Å². The maximum atomic E-state index is 12.9. The SMILES string of the molecule is CCOc1ccc(CN(C)C(C)C(=O)NCc2ccc(F)cc2)cc1. The van der Waals surface area contributed by atoms with Crippen LogP contribution >= 0.6 is 0 Å². The summed E-state index contributed by atoms with van der Waals surface area (Å²) in [6, 6.07) is 13.7. The summed E-state index contributed by atoms with van der Waals surface area (Å²) in [5, 5.41) is 2.89. The van der Waals surface area contributed by atoms with Crippen molar-refractivity contribution in [3.05, 3.63) is 65.5 Å². The molecule has 0 fully saturated rings. The molecule has 1 amide bonds. The monoisotopic (exact) mass is 344 g/mol. The number of nitrogens with one attached hydrogen (secondary N) is 1. The van der Waals surface area contributed by atoms with Gasteiger partial charge in [0.25, 0.3) is 0 Å². The van der Waals surface area contributed by atoms with Gasteiger partial charge in [0.1, 0.15) is 11.6 Å². The molecule has 4 nitrogen and oxygen atoms in total. The quantitative estimate of drug-likeness (QED) is 0.798. The van der Waals surface area contributed by atoms with Gasteiger partial charge in [0.2, 0.25) is 5.91 Å².